The second-order valence-corrected chi connectivity index (χ2v) is 5.44. The average molecular weight is 291 g/mol. The van der Waals surface area contributed by atoms with Gasteiger partial charge in [0.1, 0.15) is 11.4 Å². The quantitative estimate of drug-likeness (QED) is 0.781. The summed E-state index contributed by atoms with van der Waals surface area (Å²) >= 11 is 0. The molecule has 112 valence electrons. The lowest BCUT2D eigenvalue weighted by Crippen LogP contribution is -2.45. The molecule has 1 aliphatic rings. The maximum atomic E-state index is 13.1. The van der Waals surface area contributed by atoms with E-state index in [1.54, 1.807) is 12.1 Å². The standard InChI is InChI=1S/C16H18FNO3/c1-18(15(19)20)14-6-3-8-16(21,11-14)9-7-12-4-2-5-13(17)10-12/h2,4-5,10,14,21H,3,6,8,11H2,1H3,(H,19,20). The van der Waals surface area contributed by atoms with Crippen molar-refractivity contribution in [3.05, 3.63) is 35.6 Å². The Kier molecular flexibility index (Phi) is 4.49. The van der Waals surface area contributed by atoms with Crippen molar-refractivity contribution in [1.29, 1.82) is 0 Å². The van der Waals surface area contributed by atoms with E-state index < -0.39 is 11.7 Å². The molecule has 1 aromatic carbocycles. The molecule has 1 aliphatic carbocycles. The normalized spacial score (nSPS) is 24.8. The van der Waals surface area contributed by atoms with Gasteiger partial charge in [-0.1, -0.05) is 17.9 Å². The van der Waals surface area contributed by atoms with Crippen molar-refractivity contribution < 1.29 is 19.4 Å². The van der Waals surface area contributed by atoms with Crippen molar-refractivity contribution in [2.75, 3.05) is 7.05 Å². The van der Waals surface area contributed by atoms with E-state index in [-0.39, 0.29) is 18.3 Å². The molecule has 0 radical (unpaired) electrons. The molecule has 2 atom stereocenters. The van der Waals surface area contributed by atoms with Gasteiger partial charge in [0.25, 0.3) is 0 Å². The summed E-state index contributed by atoms with van der Waals surface area (Å²) in [6, 6.07) is 5.62. The highest BCUT2D eigenvalue weighted by Crippen LogP contribution is 2.30. The number of nitrogens with zero attached hydrogens (tertiary/aromatic N) is 1. The highest BCUT2D eigenvalue weighted by molar-refractivity contribution is 5.65. The van der Waals surface area contributed by atoms with Crippen molar-refractivity contribution in [3.8, 4) is 11.8 Å². The number of carbonyl (C=O) groups is 1. The lowest BCUT2D eigenvalue weighted by atomic mass is 9.81. The van der Waals surface area contributed by atoms with Gasteiger partial charge in [-0.25, -0.2) is 9.18 Å². The first kappa shape index (κ1) is 15.3. The van der Waals surface area contributed by atoms with Crippen molar-refractivity contribution >= 4 is 6.09 Å². The molecule has 0 heterocycles. The minimum Gasteiger partial charge on any atom is -0.465 e. The zero-order chi connectivity index (χ0) is 15.5. The van der Waals surface area contributed by atoms with Gasteiger partial charge in [-0.3, -0.25) is 0 Å². The fraction of sp³-hybridized carbons (Fsp3) is 0.438. The Labute approximate surface area is 123 Å². The average Bonchev–Trinajstić information content (AvgIpc) is 2.44. The highest BCUT2D eigenvalue weighted by Gasteiger charge is 2.35. The van der Waals surface area contributed by atoms with Crippen molar-refractivity contribution in [2.45, 2.75) is 37.3 Å². The number of hydrogen-bond acceptors (Lipinski definition) is 2. The molecular formula is C16H18FNO3. The van der Waals surface area contributed by atoms with Crippen LogP contribution in [0.15, 0.2) is 24.3 Å². The van der Waals surface area contributed by atoms with E-state index in [4.69, 9.17) is 5.11 Å². The summed E-state index contributed by atoms with van der Waals surface area (Å²) in [5, 5.41) is 19.5. The molecule has 1 saturated carbocycles. The maximum absolute atomic E-state index is 13.1. The summed E-state index contributed by atoms with van der Waals surface area (Å²) in [7, 11) is 1.50. The minimum absolute atomic E-state index is 0.247. The Morgan fingerprint density at radius 2 is 2.29 bits per heavy atom. The van der Waals surface area contributed by atoms with Crippen LogP contribution in [0.1, 0.15) is 31.2 Å². The largest absolute Gasteiger partial charge is 0.465 e. The molecule has 0 bridgehead atoms. The van der Waals surface area contributed by atoms with Gasteiger partial charge in [0.05, 0.1) is 0 Å². The molecule has 1 aromatic rings. The minimum atomic E-state index is -1.22. The molecular weight excluding hydrogens is 273 g/mol. The second kappa shape index (κ2) is 6.15. The molecule has 1 amide bonds. The summed E-state index contributed by atoms with van der Waals surface area (Å²) in [5.41, 5.74) is -0.726. The Balaban J connectivity index is 2.13. The van der Waals surface area contributed by atoms with Crippen LogP contribution in [-0.4, -0.2) is 39.9 Å². The van der Waals surface area contributed by atoms with Crippen LogP contribution >= 0.6 is 0 Å². The van der Waals surface area contributed by atoms with Gasteiger partial charge in [-0.2, -0.15) is 0 Å². The van der Waals surface area contributed by atoms with Gasteiger partial charge >= 0.3 is 6.09 Å². The molecule has 1 fully saturated rings. The van der Waals surface area contributed by atoms with Crippen molar-refractivity contribution in [1.82, 2.24) is 4.90 Å². The van der Waals surface area contributed by atoms with E-state index >= 15 is 0 Å². The number of carboxylic acid groups (broad SMARTS) is 1. The van der Waals surface area contributed by atoms with E-state index in [1.165, 1.54) is 24.1 Å². The van der Waals surface area contributed by atoms with Gasteiger partial charge in [0.15, 0.2) is 0 Å². The Bertz CT molecular complexity index is 593. The summed E-state index contributed by atoms with van der Waals surface area (Å²) in [6.45, 7) is 0. The molecule has 4 nitrogen and oxygen atoms in total. The van der Waals surface area contributed by atoms with Crippen LogP contribution in [0.2, 0.25) is 0 Å². The van der Waals surface area contributed by atoms with Gasteiger partial charge in [-0.05, 0) is 37.5 Å². The Morgan fingerprint density at radius 3 is 2.95 bits per heavy atom. The van der Waals surface area contributed by atoms with E-state index in [2.05, 4.69) is 11.8 Å². The first-order valence-corrected chi connectivity index (χ1v) is 6.86. The first-order valence-electron chi connectivity index (χ1n) is 6.86. The van der Waals surface area contributed by atoms with Gasteiger partial charge in [0.2, 0.25) is 0 Å². The summed E-state index contributed by atoms with van der Waals surface area (Å²) in [6.07, 6.45) is 1.18. The van der Waals surface area contributed by atoms with Gasteiger partial charge < -0.3 is 15.1 Å². The number of benzene rings is 1. The molecule has 2 N–H and O–H groups in total. The van der Waals surface area contributed by atoms with Crippen LogP contribution in [0, 0.1) is 17.7 Å². The van der Waals surface area contributed by atoms with E-state index in [0.29, 0.717) is 24.8 Å². The van der Waals surface area contributed by atoms with Crippen LogP contribution in [0.25, 0.3) is 0 Å². The third-order valence-corrected chi connectivity index (χ3v) is 3.81. The van der Waals surface area contributed by atoms with E-state index in [1.807, 2.05) is 0 Å². The Morgan fingerprint density at radius 1 is 1.52 bits per heavy atom. The molecule has 0 aromatic heterocycles. The van der Waals surface area contributed by atoms with E-state index in [9.17, 15) is 14.3 Å². The highest BCUT2D eigenvalue weighted by atomic mass is 19.1. The van der Waals surface area contributed by atoms with Crippen LogP contribution in [0.4, 0.5) is 9.18 Å². The Hall–Kier alpha value is -2.06. The summed E-state index contributed by atoms with van der Waals surface area (Å²) in [4.78, 5) is 12.2. The smallest absolute Gasteiger partial charge is 0.407 e. The van der Waals surface area contributed by atoms with E-state index in [0.717, 1.165) is 0 Å². The zero-order valence-electron chi connectivity index (χ0n) is 11.8. The molecule has 5 heteroatoms. The van der Waals surface area contributed by atoms with Crippen molar-refractivity contribution in [3.63, 3.8) is 0 Å². The number of rotatable bonds is 1. The van der Waals surface area contributed by atoms with Crippen LogP contribution in [0.3, 0.4) is 0 Å². The molecule has 0 aliphatic heterocycles. The summed E-state index contributed by atoms with van der Waals surface area (Å²) in [5.74, 6) is 5.19. The molecule has 21 heavy (non-hydrogen) atoms. The SMILES string of the molecule is CN(C(=O)O)C1CCCC(O)(C#Cc2cccc(F)c2)C1. The van der Waals surface area contributed by atoms with Gasteiger partial charge in [0, 0.05) is 25.1 Å². The summed E-state index contributed by atoms with van der Waals surface area (Å²) < 4.78 is 13.1. The van der Waals surface area contributed by atoms with Crippen LogP contribution in [-0.2, 0) is 0 Å². The third kappa shape index (κ3) is 3.96. The zero-order valence-corrected chi connectivity index (χ0v) is 11.8. The second-order valence-electron chi connectivity index (χ2n) is 5.44. The molecule has 2 unspecified atom stereocenters. The van der Waals surface area contributed by atoms with Crippen LogP contribution < -0.4 is 0 Å². The fourth-order valence-corrected chi connectivity index (χ4v) is 2.58. The lowest BCUT2D eigenvalue weighted by Gasteiger charge is -2.36. The fourth-order valence-electron chi connectivity index (χ4n) is 2.58. The molecule has 2 rings (SSSR count). The maximum Gasteiger partial charge on any atom is 0.407 e. The van der Waals surface area contributed by atoms with Crippen molar-refractivity contribution in [2.24, 2.45) is 0 Å². The lowest BCUT2D eigenvalue weighted by molar-refractivity contribution is 0.0225. The van der Waals surface area contributed by atoms with Gasteiger partial charge in [-0.15, -0.1) is 0 Å². The topological polar surface area (TPSA) is 60.8 Å². The first-order chi connectivity index (χ1) is 9.89. The molecule has 0 saturated heterocycles. The van der Waals surface area contributed by atoms with Crippen LogP contribution in [0.5, 0.6) is 0 Å². The number of amides is 1. The predicted octanol–water partition coefficient (Wildman–Crippen LogP) is 2.46. The number of aliphatic hydroxyl groups is 1. The predicted molar refractivity (Wildman–Crippen MR) is 76.3 cm³/mol. The third-order valence-electron chi connectivity index (χ3n) is 3.81. The monoisotopic (exact) mass is 291 g/mol. The number of hydrogen-bond donors (Lipinski definition) is 2. The molecule has 0 spiro atoms. The number of halogens is 1.